The van der Waals surface area contributed by atoms with E-state index in [1.54, 1.807) is 0 Å². The zero-order valence-electron chi connectivity index (χ0n) is 9.53. The lowest BCUT2D eigenvalue weighted by Crippen LogP contribution is -2.13. The molecule has 1 aromatic carbocycles. The van der Waals surface area contributed by atoms with Crippen molar-refractivity contribution in [2.24, 2.45) is 0 Å². The number of carbonyl (C=O) groups is 1. The lowest BCUT2D eigenvalue weighted by Gasteiger charge is -2.13. The summed E-state index contributed by atoms with van der Waals surface area (Å²) in [5, 5.41) is 0. The van der Waals surface area contributed by atoms with Gasteiger partial charge in [0.15, 0.2) is 5.76 Å². The highest BCUT2D eigenvalue weighted by atomic mass is 16.5. The molecule has 0 atom stereocenters. The SMILES string of the molecule is Cc1cccc(CC(=O)C2=CCCCO2)c1. The average Bonchev–Trinajstić information content (AvgIpc) is 2.30. The molecule has 0 spiro atoms. The van der Waals surface area contributed by atoms with E-state index in [-0.39, 0.29) is 5.78 Å². The number of rotatable bonds is 3. The first-order chi connectivity index (χ1) is 7.75. The van der Waals surface area contributed by atoms with Crippen LogP contribution in [0, 0.1) is 6.92 Å². The van der Waals surface area contributed by atoms with E-state index < -0.39 is 0 Å². The molecule has 0 unspecified atom stereocenters. The molecule has 1 aliphatic heterocycles. The molecule has 1 heterocycles. The van der Waals surface area contributed by atoms with Crippen LogP contribution in [0.15, 0.2) is 36.1 Å². The number of Topliss-reactive ketones (excluding diaryl/α,β-unsaturated/α-hetero) is 1. The molecule has 0 fully saturated rings. The van der Waals surface area contributed by atoms with Gasteiger partial charge in [-0.2, -0.15) is 0 Å². The molecular weight excluding hydrogens is 200 g/mol. The predicted octanol–water partition coefficient (Wildman–Crippen LogP) is 2.80. The average molecular weight is 216 g/mol. The van der Waals surface area contributed by atoms with Crippen molar-refractivity contribution in [3.63, 3.8) is 0 Å². The Labute approximate surface area is 95.9 Å². The van der Waals surface area contributed by atoms with Gasteiger partial charge in [0.25, 0.3) is 0 Å². The molecule has 0 N–H and O–H groups in total. The minimum atomic E-state index is 0.0882. The molecule has 2 heteroatoms. The van der Waals surface area contributed by atoms with Gasteiger partial charge in [-0.3, -0.25) is 4.79 Å². The fraction of sp³-hybridized carbons (Fsp3) is 0.357. The van der Waals surface area contributed by atoms with Gasteiger partial charge >= 0.3 is 0 Å². The third-order valence-electron chi connectivity index (χ3n) is 2.66. The molecular formula is C14H16O2. The van der Waals surface area contributed by atoms with Crippen molar-refractivity contribution < 1.29 is 9.53 Å². The molecule has 0 amide bonds. The van der Waals surface area contributed by atoms with E-state index >= 15 is 0 Å². The number of hydrogen-bond acceptors (Lipinski definition) is 2. The maximum atomic E-state index is 11.9. The second kappa shape index (κ2) is 4.97. The number of ketones is 1. The lowest BCUT2D eigenvalue weighted by atomic mass is 10.0. The maximum absolute atomic E-state index is 11.9. The zero-order valence-corrected chi connectivity index (χ0v) is 9.53. The van der Waals surface area contributed by atoms with Crippen molar-refractivity contribution in [1.82, 2.24) is 0 Å². The molecule has 2 nitrogen and oxygen atoms in total. The van der Waals surface area contributed by atoms with Crippen LogP contribution < -0.4 is 0 Å². The minimum Gasteiger partial charge on any atom is -0.490 e. The van der Waals surface area contributed by atoms with Gasteiger partial charge in [0.1, 0.15) is 0 Å². The second-order valence-electron chi connectivity index (χ2n) is 4.15. The monoisotopic (exact) mass is 216 g/mol. The molecule has 1 aliphatic rings. The summed E-state index contributed by atoms with van der Waals surface area (Å²) in [7, 11) is 0. The Balaban J connectivity index is 2.04. The van der Waals surface area contributed by atoms with E-state index in [2.05, 4.69) is 0 Å². The summed E-state index contributed by atoms with van der Waals surface area (Å²) in [5.41, 5.74) is 2.24. The van der Waals surface area contributed by atoms with Crippen LogP contribution in [0.4, 0.5) is 0 Å². The van der Waals surface area contributed by atoms with E-state index in [4.69, 9.17) is 4.74 Å². The van der Waals surface area contributed by atoms with Gasteiger partial charge in [0.2, 0.25) is 5.78 Å². The van der Waals surface area contributed by atoms with Crippen LogP contribution in [0.3, 0.4) is 0 Å². The van der Waals surface area contributed by atoms with Crippen LogP contribution in [0.25, 0.3) is 0 Å². The number of aryl methyl sites for hydroxylation is 1. The van der Waals surface area contributed by atoms with Crippen LogP contribution in [-0.4, -0.2) is 12.4 Å². The van der Waals surface area contributed by atoms with E-state index in [1.807, 2.05) is 37.3 Å². The van der Waals surface area contributed by atoms with E-state index in [1.165, 1.54) is 5.56 Å². The van der Waals surface area contributed by atoms with Gasteiger partial charge in [0, 0.05) is 6.42 Å². The summed E-state index contributed by atoms with van der Waals surface area (Å²) in [5.74, 6) is 0.637. The molecule has 0 radical (unpaired) electrons. The maximum Gasteiger partial charge on any atom is 0.201 e. The molecule has 0 aromatic heterocycles. The van der Waals surface area contributed by atoms with Gasteiger partial charge in [-0.15, -0.1) is 0 Å². The molecule has 0 aliphatic carbocycles. The van der Waals surface area contributed by atoms with E-state index in [9.17, 15) is 4.79 Å². The molecule has 0 bridgehead atoms. The molecule has 2 rings (SSSR count). The summed E-state index contributed by atoms with van der Waals surface area (Å²) in [4.78, 5) is 11.9. The minimum absolute atomic E-state index is 0.0882. The van der Waals surface area contributed by atoms with Crippen LogP contribution in [0.2, 0.25) is 0 Å². The highest BCUT2D eigenvalue weighted by molar-refractivity contribution is 5.95. The highest BCUT2D eigenvalue weighted by Gasteiger charge is 2.14. The van der Waals surface area contributed by atoms with Gasteiger partial charge in [-0.25, -0.2) is 0 Å². The predicted molar refractivity (Wildman–Crippen MR) is 63.2 cm³/mol. The topological polar surface area (TPSA) is 26.3 Å². The number of ether oxygens (including phenoxy) is 1. The Bertz CT molecular complexity index is 418. The lowest BCUT2D eigenvalue weighted by molar-refractivity contribution is -0.118. The van der Waals surface area contributed by atoms with Crippen LogP contribution in [-0.2, 0) is 16.0 Å². The Hall–Kier alpha value is -1.57. The summed E-state index contributed by atoms with van der Waals surface area (Å²) in [6, 6.07) is 8.04. The first-order valence-electron chi connectivity index (χ1n) is 5.67. The molecule has 1 aromatic rings. The highest BCUT2D eigenvalue weighted by Crippen LogP contribution is 2.14. The third kappa shape index (κ3) is 2.72. The Morgan fingerprint density at radius 2 is 2.31 bits per heavy atom. The van der Waals surface area contributed by atoms with Crippen molar-refractivity contribution in [3.8, 4) is 0 Å². The first kappa shape index (κ1) is 10.9. The Morgan fingerprint density at radius 1 is 1.44 bits per heavy atom. The number of benzene rings is 1. The fourth-order valence-electron chi connectivity index (χ4n) is 1.85. The van der Waals surface area contributed by atoms with Gasteiger partial charge < -0.3 is 4.74 Å². The summed E-state index contributed by atoms with van der Waals surface area (Å²) < 4.78 is 5.35. The molecule has 0 saturated heterocycles. The van der Waals surface area contributed by atoms with Gasteiger partial charge in [0.05, 0.1) is 6.61 Å². The standard InChI is InChI=1S/C14H16O2/c1-11-5-4-6-12(9-11)10-13(15)14-7-2-3-8-16-14/h4-7,9H,2-3,8,10H2,1H3. The van der Waals surface area contributed by atoms with Crippen molar-refractivity contribution in [2.75, 3.05) is 6.61 Å². The quantitative estimate of drug-likeness (QED) is 0.776. The smallest absolute Gasteiger partial charge is 0.201 e. The second-order valence-corrected chi connectivity index (χ2v) is 4.15. The zero-order chi connectivity index (χ0) is 11.4. The normalized spacial score (nSPS) is 15.2. The molecule has 16 heavy (non-hydrogen) atoms. The Morgan fingerprint density at radius 3 is 3.00 bits per heavy atom. The van der Waals surface area contributed by atoms with E-state index in [0.29, 0.717) is 18.8 Å². The largest absolute Gasteiger partial charge is 0.490 e. The van der Waals surface area contributed by atoms with E-state index in [0.717, 1.165) is 18.4 Å². The summed E-state index contributed by atoms with van der Waals surface area (Å²) in [6.45, 7) is 2.70. The summed E-state index contributed by atoms with van der Waals surface area (Å²) >= 11 is 0. The van der Waals surface area contributed by atoms with Gasteiger partial charge in [-0.1, -0.05) is 29.8 Å². The molecule has 0 saturated carbocycles. The van der Waals surface area contributed by atoms with Gasteiger partial charge in [-0.05, 0) is 31.4 Å². The van der Waals surface area contributed by atoms with Crippen LogP contribution in [0.1, 0.15) is 24.0 Å². The number of hydrogen-bond donors (Lipinski definition) is 0. The van der Waals surface area contributed by atoms with Crippen LogP contribution >= 0.6 is 0 Å². The Kier molecular flexibility index (Phi) is 3.40. The van der Waals surface area contributed by atoms with Crippen molar-refractivity contribution in [3.05, 3.63) is 47.2 Å². The number of allylic oxidation sites excluding steroid dienone is 2. The van der Waals surface area contributed by atoms with Crippen molar-refractivity contribution in [2.45, 2.75) is 26.2 Å². The summed E-state index contributed by atoms with van der Waals surface area (Å²) in [6.07, 6.45) is 4.31. The van der Waals surface area contributed by atoms with Crippen molar-refractivity contribution >= 4 is 5.78 Å². The van der Waals surface area contributed by atoms with Crippen molar-refractivity contribution in [1.29, 1.82) is 0 Å². The third-order valence-corrected chi connectivity index (χ3v) is 2.66. The number of carbonyl (C=O) groups excluding carboxylic acids is 1. The molecule has 84 valence electrons. The first-order valence-corrected chi connectivity index (χ1v) is 5.67. The van der Waals surface area contributed by atoms with Crippen LogP contribution in [0.5, 0.6) is 0 Å². The fourth-order valence-corrected chi connectivity index (χ4v) is 1.85.